The minimum Gasteiger partial charge on any atom is -0.384 e. The largest absolute Gasteiger partial charge is 0.384 e. The monoisotopic (exact) mass is 245 g/mol. The van der Waals surface area contributed by atoms with E-state index in [0.29, 0.717) is 12.1 Å². The molecule has 0 spiro atoms. The summed E-state index contributed by atoms with van der Waals surface area (Å²) in [6, 6.07) is 13.5. The van der Waals surface area contributed by atoms with E-state index in [1.54, 1.807) is 12.1 Å². The SMILES string of the molecule is NCCc1cccc(C(O)c2ccc(F)cc2)c1. The van der Waals surface area contributed by atoms with Crippen molar-refractivity contribution in [3.05, 3.63) is 71.0 Å². The van der Waals surface area contributed by atoms with Crippen molar-refractivity contribution in [2.24, 2.45) is 5.73 Å². The Hall–Kier alpha value is -1.71. The van der Waals surface area contributed by atoms with Crippen molar-refractivity contribution in [2.75, 3.05) is 6.54 Å². The molecule has 2 rings (SSSR count). The zero-order valence-electron chi connectivity index (χ0n) is 10.0. The van der Waals surface area contributed by atoms with Crippen molar-refractivity contribution >= 4 is 0 Å². The van der Waals surface area contributed by atoms with Crippen LogP contribution in [0.3, 0.4) is 0 Å². The third kappa shape index (κ3) is 2.94. The Balaban J connectivity index is 2.24. The van der Waals surface area contributed by atoms with Crippen LogP contribution < -0.4 is 5.73 Å². The van der Waals surface area contributed by atoms with Crippen LogP contribution in [-0.2, 0) is 6.42 Å². The molecular formula is C15H16FNO. The van der Waals surface area contributed by atoms with E-state index in [9.17, 15) is 9.50 Å². The van der Waals surface area contributed by atoms with Crippen LogP contribution in [0.1, 0.15) is 22.8 Å². The highest BCUT2D eigenvalue weighted by Gasteiger charge is 2.10. The van der Waals surface area contributed by atoms with Crippen LogP contribution in [0.5, 0.6) is 0 Å². The molecule has 0 radical (unpaired) electrons. The van der Waals surface area contributed by atoms with Gasteiger partial charge in [-0.25, -0.2) is 4.39 Å². The number of nitrogens with two attached hydrogens (primary N) is 1. The van der Waals surface area contributed by atoms with Crippen molar-refractivity contribution < 1.29 is 9.50 Å². The molecule has 0 aliphatic heterocycles. The molecule has 3 N–H and O–H groups in total. The van der Waals surface area contributed by atoms with Crippen LogP contribution in [-0.4, -0.2) is 11.7 Å². The Morgan fingerprint density at radius 1 is 1.06 bits per heavy atom. The second-order valence-corrected chi connectivity index (χ2v) is 4.24. The fourth-order valence-electron chi connectivity index (χ4n) is 1.92. The summed E-state index contributed by atoms with van der Waals surface area (Å²) in [7, 11) is 0. The lowest BCUT2D eigenvalue weighted by Crippen LogP contribution is -2.04. The zero-order valence-corrected chi connectivity index (χ0v) is 10.0. The zero-order chi connectivity index (χ0) is 13.0. The van der Waals surface area contributed by atoms with Gasteiger partial charge in [-0.1, -0.05) is 36.4 Å². The van der Waals surface area contributed by atoms with Gasteiger partial charge in [-0.15, -0.1) is 0 Å². The van der Waals surface area contributed by atoms with Crippen molar-refractivity contribution in [3.8, 4) is 0 Å². The molecule has 0 heterocycles. The van der Waals surface area contributed by atoms with Gasteiger partial charge in [0.1, 0.15) is 11.9 Å². The van der Waals surface area contributed by atoms with Gasteiger partial charge in [-0.2, -0.15) is 0 Å². The standard InChI is InChI=1S/C15H16FNO/c16-14-6-4-12(5-7-14)15(18)13-3-1-2-11(10-13)8-9-17/h1-7,10,15,18H,8-9,17H2. The summed E-state index contributed by atoms with van der Waals surface area (Å²) in [6.07, 6.45) is 0.0487. The Morgan fingerprint density at radius 2 is 1.78 bits per heavy atom. The highest BCUT2D eigenvalue weighted by atomic mass is 19.1. The number of aliphatic hydroxyl groups excluding tert-OH is 1. The third-order valence-corrected chi connectivity index (χ3v) is 2.89. The first kappa shape index (κ1) is 12.7. The summed E-state index contributed by atoms with van der Waals surface area (Å²) in [6.45, 7) is 0.579. The van der Waals surface area contributed by atoms with Gasteiger partial charge in [0.15, 0.2) is 0 Å². The Bertz CT molecular complexity index is 510. The lowest BCUT2D eigenvalue weighted by molar-refractivity contribution is 0.220. The predicted molar refractivity (Wildman–Crippen MR) is 69.7 cm³/mol. The first-order valence-electron chi connectivity index (χ1n) is 5.93. The maximum absolute atomic E-state index is 12.8. The first-order chi connectivity index (χ1) is 8.70. The van der Waals surface area contributed by atoms with E-state index >= 15 is 0 Å². The number of aliphatic hydroxyl groups is 1. The Kier molecular flexibility index (Phi) is 4.07. The van der Waals surface area contributed by atoms with Crippen molar-refractivity contribution in [1.29, 1.82) is 0 Å². The van der Waals surface area contributed by atoms with Crippen molar-refractivity contribution in [1.82, 2.24) is 0 Å². The number of benzene rings is 2. The van der Waals surface area contributed by atoms with Gasteiger partial charge >= 0.3 is 0 Å². The molecule has 0 fully saturated rings. The molecule has 0 aliphatic rings. The molecule has 0 aliphatic carbocycles. The van der Waals surface area contributed by atoms with Gasteiger partial charge in [0, 0.05) is 0 Å². The number of rotatable bonds is 4. The van der Waals surface area contributed by atoms with E-state index in [1.165, 1.54) is 12.1 Å². The smallest absolute Gasteiger partial charge is 0.123 e. The topological polar surface area (TPSA) is 46.2 Å². The molecule has 0 aromatic heterocycles. The summed E-state index contributed by atoms with van der Waals surface area (Å²) in [5, 5.41) is 10.2. The minimum absolute atomic E-state index is 0.303. The van der Waals surface area contributed by atoms with Crippen LogP contribution in [0.2, 0.25) is 0 Å². The van der Waals surface area contributed by atoms with E-state index in [1.807, 2.05) is 24.3 Å². The molecule has 0 saturated heterocycles. The van der Waals surface area contributed by atoms with Gasteiger partial charge in [0.25, 0.3) is 0 Å². The molecule has 3 heteroatoms. The molecule has 2 aromatic carbocycles. The normalized spacial score (nSPS) is 12.4. The van der Waals surface area contributed by atoms with Gasteiger partial charge in [0.2, 0.25) is 0 Å². The van der Waals surface area contributed by atoms with E-state index in [2.05, 4.69) is 0 Å². The molecule has 2 nitrogen and oxygen atoms in total. The summed E-state index contributed by atoms with van der Waals surface area (Å²) in [5.41, 5.74) is 8.08. The maximum atomic E-state index is 12.8. The number of hydrogen-bond donors (Lipinski definition) is 2. The van der Waals surface area contributed by atoms with Crippen molar-refractivity contribution in [2.45, 2.75) is 12.5 Å². The molecule has 18 heavy (non-hydrogen) atoms. The highest BCUT2D eigenvalue weighted by Crippen LogP contribution is 2.22. The molecule has 0 saturated carbocycles. The van der Waals surface area contributed by atoms with E-state index in [4.69, 9.17) is 5.73 Å². The van der Waals surface area contributed by atoms with E-state index < -0.39 is 6.10 Å². The fourth-order valence-corrected chi connectivity index (χ4v) is 1.92. The van der Waals surface area contributed by atoms with Gasteiger partial charge in [0.05, 0.1) is 0 Å². The lowest BCUT2D eigenvalue weighted by Gasteiger charge is -2.12. The van der Waals surface area contributed by atoms with Crippen molar-refractivity contribution in [3.63, 3.8) is 0 Å². The van der Waals surface area contributed by atoms with Crippen LogP contribution in [0, 0.1) is 5.82 Å². The van der Waals surface area contributed by atoms with Gasteiger partial charge < -0.3 is 10.8 Å². The van der Waals surface area contributed by atoms with E-state index in [-0.39, 0.29) is 5.82 Å². The molecule has 1 atom stereocenters. The first-order valence-corrected chi connectivity index (χ1v) is 5.93. The lowest BCUT2D eigenvalue weighted by atomic mass is 9.99. The molecule has 2 aromatic rings. The highest BCUT2D eigenvalue weighted by molar-refractivity contribution is 5.32. The molecule has 1 unspecified atom stereocenters. The summed E-state index contributed by atoms with van der Waals surface area (Å²) in [4.78, 5) is 0. The Labute approximate surface area is 106 Å². The summed E-state index contributed by atoms with van der Waals surface area (Å²) < 4.78 is 12.8. The molecular weight excluding hydrogens is 229 g/mol. The van der Waals surface area contributed by atoms with Crippen LogP contribution in [0.4, 0.5) is 4.39 Å². The second kappa shape index (κ2) is 5.76. The minimum atomic E-state index is -0.733. The molecule has 0 bridgehead atoms. The molecule has 0 amide bonds. The van der Waals surface area contributed by atoms with Crippen LogP contribution >= 0.6 is 0 Å². The van der Waals surface area contributed by atoms with Gasteiger partial charge in [-0.05, 0) is 41.8 Å². The Morgan fingerprint density at radius 3 is 2.44 bits per heavy atom. The maximum Gasteiger partial charge on any atom is 0.123 e. The fraction of sp³-hybridized carbons (Fsp3) is 0.200. The average Bonchev–Trinajstić information content (AvgIpc) is 2.39. The van der Waals surface area contributed by atoms with Crippen LogP contribution in [0.25, 0.3) is 0 Å². The van der Waals surface area contributed by atoms with Crippen LogP contribution in [0.15, 0.2) is 48.5 Å². The summed E-state index contributed by atoms with van der Waals surface area (Å²) >= 11 is 0. The number of halogens is 1. The average molecular weight is 245 g/mol. The number of hydrogen-bond acceptors (Lipinski definition) is 2. The molecule has 94 valence electrons. The van der Waals surface area contributed by atoms with Gasteiger partial charge in [-0.3, -0.25) is 0 Å². The predicted octanol–water partition coefficient (Wildman–Crippen LogP) is 2.41. The summed E-state index contributed by atoms with van der Waals surface area (Å²) in [5.74, 6) is -0.303. The van der Waals surface area contributed by atoms with E-state index in [0.717, 1.165) is 17.5 Å². The second-order valence-electron chi connectivity index (χ2n) is 4.24. The quantitative estimate of drug-likeness (QED) is 0.869. The third-order valence-electron chi connectivity index (χ3n) is 2.89.